The lowest BCUT2D eigenvalue weighted by molar-refractivity contribution is -0.131. The molecule has 2 saturated heterocycles. The first kappa shape index (κ1) is 20.6. The monoisotopic (exact) mass is 438 g/mol. The lowest BCUT2D eigenvalue weighted by Gasteiger charge is -2.39. The summed E-state index contributed by atoms with van der Waals surface area (Å²) in [6.07, 6.45) is 3.87. The van der Waals surface area contributed by atoms with Crippen molar-refractivity contribution in [3.63, 3.8) is 0 Å². The topological polar surface area (TPSA) is 67.2 Å². The number of rotatable bonds is 4. The number of fused-ring (bicyclic) bond motifs is 1. The highest BCUT2D eigenvalue weighted by Crippen LogP contribution is 2.41. The van der Waals surface area contributed by atoms with Gasteiger partial charge in [0.25, 0.3) is 0 Å². The smallest absolute Gasteiger partial charge is 0.224 e. The van der Waals surface area contributed by atoms with Gasteiger partial charge in [0, 0.05) is 37.2 Å². The highest BCUT2D eigenvalue weighted by atomic mass is 19.2. The Morgan fingerprint density at radius 2 is 2.03 bits per heavy atom. The summed E-state index contributed by atoms with van der Waals surface area (Å²) < 4.78 is 29.3. The van der Waals surface area contributed by atoms with Crippen molar-refractivity contribution in [3.8, 4) is 0 Å². The number of hydrogen-bond donors (Lipinski definition) is 1. The zero-order valence-electron chi connectivity index (χ0n) is 17.6. The summed E-state index contributed by atoms with van der Waals surface area (Å²) in [4.78, 5) is 27.1. The molecule has 166 valence electrons. The van der Waals surface area contributed by atoms with Gasteiger partial charge >= 0.3 is 0 Å². The second kappa shape index (κ2) is 8.00. The molecule has 2 aromatic carbocycles. The Bertz CT molecular complexity index is 1190. The van der Waals surface area contributed by atoms with E-state index in [4.69, 9.17) is 0 Å². The second-order valence-electron chi connectivity index (χ2n) is 8.73. The van der Waals surface area contributed by atoms with Crippen molar-refractivity contribution in [2.24, 2.45) is 0 Å². The number of amides is 2. The Hall–Kier alpha value is -3.29. The standard InChI is InChI=1S/C24H24F2N4O2/c25-19-8-7-16(12-20(19)26)18-14-29(15-24(18)10-3-6-22(31)28-24)23(32)9-11-30-21-5-2-1-4-17(21)13-27-30/h1-2,4-5,7-8,12-13,18H,3,6,9-11,14-15H2,(H,28,31)/t18-,24+/m0/s1. The average Bonchev–Trinajstić information content (AvgIpc) is 3.36. The third-order valence-corrected chi connectivity index (χ3v) is 6.75. The maximum absolute atomic E-state index is 14.0. The summed E-state index contributed by atoms with van der Waals surface area (Å²) in [6.45, 7) is 1.16. The van der Waals surface area contributed by atoms with E-state index < -0.39 is 17.2 Å². The maximum atomic E-state index is 14.0. The van der Waals surface area contributed by atoms with E-state index in [1.165, 1.54) is 6.07 Å². The van der Waals surface area contributed by atoms with Crippen molar-refractivity contribution in [1.29, 1.82) is 0 Å². The first-order valence-electron chi connectivity index (χ1n) is 10.9. The Morgan fingerprint density at radius 3 is 2.84 bits per heavy atom. The van der Waals surface area contributed by atoms with E-state index in [0.29, 0.717) is 44.5 Å². The summed E-state index contributed by atoms with van der Waals surface area (Å²) in [7, 11) is 0. The normalized spacial score (nSPS) is 23.1. The molecular weight excluding hydrogens is 414 g/mol. The van der Waals surface area contributed by atoms with Crippen molar-refractivity contribution >= 4 is 22.7 Å². The number of benzene rings is 2. The van der Waals surface area contributed by atoms with Gasteiger partial charge in [-0.2, -0.15) is 5.10 Å². The summed E-state index contributed by atoms with van der Waals surface area (Å²) in [5, 5.41) is 8.48. The van der Waals surface area contributed by atoms with Gasteiger partial charge in [0.05, 0.1) is 23.8 Å². The highest BCUT2D eigenvalue weighted by molar-refractivity contribution is 5.81. The van der Waals surface area contributed by atoms with Crippen molar-refractivity contribution < 1.29 is 18.4 Å². The van der Waals surface area contributed by atoms with Crippen molar-refractivity contribution in [2.75, 3.05) is 13.1 Å². The number of nitrogens with one attached hydrogen (secondary N) is 1. The van der Waals surface area contributed by atoms with Gasteiger partial charge < -0.3 is 10.2 Å². The van der Waals surface area contributed by atoms with Crippen LogP contribution in [0.4, 0.5) is 8.78 Å². The molecule has 32 heavy (non-hydrogen) atoms. The Labute approximate surface area is 184 Å². The number of piperidine rings is 1. The molecule has 2 aliphatic heterocycles. The first-order valence-corrected chi connectivity index (χ1v) is 10.9. The maximum Gasteiger partial charge on any atom is 0.224 e. The van der Waals surface area contributed by atoms with Gasteiger partial charge in [-0.05, 0) is 36.6 Å². The Kier molecular flexibility index (Phi) is 5.15. The molecule has 0 saturated carbocycles. The molecule has 2 fully saturated rings. The van der Waals surface area contributed by atoms with Gasteiger partial charge in [-0.25, -0.2) is 8.78 Å². The van der Waals surface area contributed by atoms with E-state index in [1.54, 1.807) is 17.2 Å². The number of nitrogens with zero attached hydrogens (tertiary/aromatic N) is 3. The van der Waals surface area contributed by atoms with E-state index in [9.17, 15) is 18.4 Å². The molecule has 1 N–H and O–H groups in total. The zero-order valence-corrected chi connectivity index (χ0v) is 17.6. The molecular formula is C24H24F2N4O2. The average molecular weight is 438 g/mol. The molecule has 2 aliphatic rings. The van der Waals surface area contributed by atoms with Crippen LogP contribution in [0.5, 0.6) is 0 Å². The van der Waals surface area contributed by atoms with E-state index in [2.05, 4.69) is 10.4 Å². The molecule has 2 atom stereocenters. The third kappa shape index (κ3) is 3.63. The van der Waals surface area contributed by atoms with Gasteiger partial charge in [-0.3, -0.25) is 14.3 Å². The quantitative estimate of drug-likeness (QED) is 0.679. The summed E-state index contributed by atoms with van der Waals surface area (Å²) in [5.74, 6) is -2.24. The van der Waals surface area contributed by atoms with Crippen molar-refractivity contribution in [3.05, 3.63) is 65.9 Å². The molecule has 0 bridgehead atoms. The molecule has 0 unspecified atom stereocenters. The second-order valence-corrected chi connectivity index (χ2v) is 8.73. The number of aryl methyl sites for hydroxylation is 1. The van der Waals surface area contributed by atoms with E-state index in [0.717, 1.165) is 17.0 Å². The van der Waals surface area contributed by atoms with Crippen LogP contribution >= 0.6 is 0 Å². The van der Waals surface area contributed by atoms with Crippen LogP contribution in [-0.4, -0.2) is 45.1 Å². The van der Waals surface area contributed by atoms with Crippen LogP contribution in [0.2, 0.25) is 0 Å². The molecule has 0 radical (unpaired) electrons. The van der Waals surface area contributed by atoms with Gasteiger partial charge in [0.15, 0.2) is 11.6 Å². The minimum Gasteiger partial charge on any atom is -0.348 e. The van der Waals surface area contributed by atoms with Crippen LogP contribution in [0.3, 0.4) is 0 Å². The van der Waals surface area contributed by atoms with E-state index in [-0.39, 0.29) is 24.2 Å². The van der Waals surface area contributed by atoms with E-state index in [1.807, 2.05) is 28.9 Å². The Balaban J connectivity index is 1.36. The fraction of sp³-hybridized carbons (Fsp3) is 0.375. The predicted molar refractivity (Wildman–Crippen MR) is 115 cm³/mol. The van der Waals surface area contributed by atoms with Crippen LogP contribution in [-0.2, 0) is 16.1 Å². The molecule has 3 heterocycles. The number of hydrogen-bond acceptors (Lipinski definition) is 3. The number of likely N-dealkylation sites (tertiary alicyclic amines) is 1. The van der Waals surface area contributed by atoms with Crippen molar-refractivity contribution in [1.82, 2.24) is 20.0 Å². The first-order chi connectivity index (χ1) is 15.4. The van der Waals surface area contributed by atoms with Crippen LogP contribution in [0.25, 0.3) is 10.9 Å². The summed E-state index contributed by atoms with van der Waals surface area (Å²) in [5.41, 5.74) is 0.907. The van der Waals surface area contributed by atoms with Crippen LogP contribution in [0, 0.1) is 11.6 Å². The van der Waals surface area contributed by atoms with E-state index >= 15 is 0 Å². The Morgan fingerprint density at radius 1 is 1.19 bits per heavy atom. The number of para-hydroxylation sites is 1. The highest BCUT2D eigenvalue weighted by Gasteiger charge is 2.50. The lowest BCUT2D eigenvalue weighted by atomic mass is 9.76. The number of carbonyl (C=O) groups excluding carboxylic acids is 2. The van der Waals surface area contributed by atoms with Crippen LogP contribution in [0.1, 0.15) is 37.2 Å². The fourth-order valence-electron chi connectivity index (χ4n) is 5.16. The number of aromatic nitrogens is 2. The van der Waals surface area contributed by atoms with Crippen LogP contribution in [0.15, 0.2) is 48.7 Å². The molecule has 8 heteroatoms. The van der Waals surface area contributed by atoms with Gasteiger partial charge in [-0.1, -0.05) is 24.3 Å². The third-order valence-electron chi connectivity index (χ3n) is 6.75. The van der Waals surface area contributed by atoms with Gasteiger partial charge in [0.2, 0.25) is 11.8 Å². The molecule has 0 aliphatic carbocycles. The molecule has 1 aromatic heterocycles. The molecule has 6 nitrogen and oxygen atoms in total. The largest absolute Gasteiger partial charge is 0.348 e. The number of halogens is 2. The van der Waals surface area contributed by atoms with Crippen LogP contribution < -0.4 is 5.32 Å². The number of carbonyl (C=O) groups is 2. The molecule has 2 amide bonds. The fourth-order valence-corrected chi connectivity index (χ4v) is 5.16. The molecule has 3 aromatic rings. The summed E-state index contributed by atoms with van der Waals surface area (Å²) >= 11 is 0. The summed E-state index contributed by atoms with van der Waals surface area (Å²) in [6, 6.07) is 11.7. The molecule has 5 rings (SSSR count). The minimum atomic E-state index is -0.921. The predicted octanol–water partition coefficient (Wildman–Crippen LogP) is 3.37. The van der Waals surface area contributed by atoms with Gasteiger partial charge in [-0.15, -0.1) is 0 Å². The van der Waals surface area contributed by atoms with Gasteiger partial charge in [0.1, 0.15) is 0 Å². The minimum absolute atomic E-state index is 0.0473. The van der Waals surface area contributed by atoms with Crippen molar-refractivity contribution in [2.45, 2.75) is 43.7 Å². The lowest BCUT2D eigenvalue weighted by Crippen LogP contribution is -2.56. The SMILES string of the molecule is O=C1CCC[C@]2(CN(C(=O)CCn3ncc4ccccc43)C[C@H]2c2ccc(F)c(F)c2)N1. The molecule has 1 spiro atoms. The zero-order chi connectivity index (χ0) is 22.3.